The lowest BCUT2D eigenvalue weighted by Gasteiger charge is -2.52. The maximum Gasteiger partial charge on any atom is 0.246 e. The van der Waals surface area contributed by atoms with Crippen LogP contribution >= 0.6 is 0 Å². The van der Waals surface area contributed by atoms with Gasteiger partial charge >= 0.3 is 0 Å². The highest BCUT2D eigenvalue weighted by Gasteiger charge is 2.48. The zero-order chi connectivity index (χ0) is 28.0. The quantitative estimate of drug-likeness (QED) is 0.319. The summed E-state index contributed by atoms with van der Waals surface area (Å²) in [6.45, 7) is 2.83. The predicted molar refractivity (Wildman–Crippen MR) is 144 cm³/mol. The third-order valence-electron chi connectivity index (χ3n) is 7.58. The highest BCUT2D eigenvalue weighted by Crippen LogP contribution is 2.42. The second-order valence-electron chi connectivity index (χ2n) is 10.4. The van der Waals surface area contributed by atoms with E-state index in [1.165, 1.54) is 12.1 Å². The van der Waals surface area contributed by atoms with Crippen molar-refractivity contribution in [3.8, 4) is 5.75 Å². The van der Waals surface area contributed by atoms with Crippen molar-refractivity contribution >= 4 is 11.8 Å². The molecule has 1 aliphatic rings. The van der Waals surface area contributed by atoms with Crippen molar-refractivity contribution in [1.29, 1.82) is 0 Å². The van der Waals surface area contributed by atoms with Crippen molar-refractivity contribution < 1.29 is 23.1 Å². The molecule has 1 saturated heterocycles. The summed E-state index contributed by atoms with van der Waals surface area (Å²) in [5.41, 5.74) is 6.83. The van der Waals surface area contributed by atoms with Crippen LogP contribution in [0.15, 0.2) is 55.0 Å². The Hall–Kier alpha value is -3.75. The Bertz CT molecular complexity index is 1290. The maximum atomic E-state index is 14.9. The van der Waals surface area contributed by atoms with Crippen molar-refractivity contribution in [2.75, 3.05) is 20.2 Å². The third kappa shape index (κ3) is 6.64. The van der Waals surface area contributed by atoms with E-state index >= 15 is 0 Å². The number of primary amides is 1. The lowest BCUT2D eigenvalue weighted by atomic mass is 9.69. The minimum atomic E-state index is -0.612. The van der Waals surface area contributed by atoms with Gasteiger partial charge in [0.2, 0.25) is 11.8 Å². The van der Waals surface area contributed by atoms with Crippen molar-refractivity contribution in [3.63, 3.8) is 0 Å². The minimum absolute atomic E-state index is 0.0988. The molecule has 2 N–H and O–H groups in total. The van der Waals surface area contributed by atoms with Gasteiger partial charge in [0.15, 0.2) is 0 Å². The Balaban J connectivity index is 1.58. The number of halogens is 2. The standard InChI is InChI=1S/C30H36F2N4O3/c1-3-4-5-14-30(25-12-8-22(31)16-26(25)32)18-36(19-30)29(38)27(15-21-6-10-24(39-2)11-7-21)35-17-23(34-20-35)9-13-28(33)37/h6-8,10-12,16-17,20,27H,3-5,9,13-15,18-19H2,1-2H3,(H2,33,37)/t27-/m1/s1. The molecule has 1 aromatic heterocycles. The van der Waals surface area contributed by atoms with E-state index in [2.05, 4.69) is 11.9 Å². The summed E-state index contributed by atoms with van der Waals surface area (Å²) >= 11 is 0. The molecular weight excluding hydrogens is 502 g/mol. The van der Waals surface area contributed by atoms with Gasteiger partial charge in [-0.2, -0.15) is 0 Å². The fraction of sp³-hybridized carbons (Fsp3) is 0.433. The van der Waals surface area contributed by atoms with E-state index in [-0.39, 0.29) is 12.3 Å². The van der Waals surface area contributed by atoms with Crippen molar-refractivity contribution in [3.05, 3.63) is 83.4 Å². The van der Waals surface area contributed by atoms with Gasteiger partial charge in [0.05, 0.1) is 19.1 Å². The molecule has 1 atom stereocenters. The predicted octanol–water partition coefficient (Wildman–Crippen LogP) is 4.73. The normalized spacial score (nSPS) is 15.0. The van der Waals surface area contributed by atoms with Gasteiger partial charge in [-0.1, -0.05) is 44.4 Å². The Morgan fingerprint density at radius 3 is 2.51 bits per heavy atom. The largest absolute Gasteiger partial charge is 0.497 e. The van der Waals surface area contributed by atoms with Crippen LogP contribution in [0.3, 0.4) is 0 Å². The fourth-order valence-corrected chi connectivity index (χ4v) is 5.38. The van der Waals surface area contributed by atoms with E-state index < -0.39 is 29.0 Å². The SMILES string of the molecule is CCCCCC1(c2ccc(F)cc2F)CN(C(=O)[C@@H](Cc2ccc(OC)cc2)n2cnc(CCC(N)=O)c2)C1. The van der Waals surface area contributed by atoms with Crippen LogP contribution in [0.2, 0.25) is 0 Å². The van der Waals surface area contributed by atoms with E-state index in [4.69, 9.17) is 10.5 Å². The number of benzene rings is 2. The molecule has 208 valence electrons. The summed E-state index contributed by atoms with van der Waals surface area (Å²) in [6.07, 6.45) is 8.00. The number of nitrogens with zero attached hydrogens (tertiary/aromatic N) is 3. The lowest BCUT2D eigenvalue weighted by Crippen LogP contribution is -2.62. The van der Waals surface area contributed by atoms with Crippen LogP contribution in [-0.2, 0) is 27.8 Å². The number of amides is 2. The van der Waals surface area contributed by atoms with Gasteiger partial charge in [-0.3, -0.25) is 9.59 Å². The third-order valence-corrected chi connectivity index (χ3v) is 7.58. The zero-order valence-corrected chi connectivity index (χ0v) is 22.5. The summed E-state index contributed by atoms with van der Waals surface area (Å²) in [4.78, 5) is 31.3. The molecule has 1 aliphatic heterocycles. The summed E-state index contributed by atoms with van der Waals surface area (Å²) in [7, 11) is 1.60. The van der Waals surface area contributed by atoms with Crippen LogP contribution < -0.4 is 10.5 Å². The molecule has 0 bridgehead atoms. The highest BCUT2D eigenvalue weighted by molar-refractivity contribution is 5.82. The molecule has 0 spiro atoms. The van der Waals surface area contributed by atoms with Gasteiger partial charge in [0.1, 0.15) is 23.4 Å². The Morgan fingerprint density at radius 1 is 1.13 bits per heavy atom. The number of unbranched alkanes of at least 4 members (excludes halogenated alkanes) is 2. The van der Waals surface area contributed by atoms with Gasteiger partial charge in [-0.15, -0.1) is 0 Å². The van der Waals surface area contributed by atoms with Gasteiger partial charge in [-0.25, -0.2) is 13.8 Å². The average Bonchev–Trinajstić information content (AvgIpc) is 3.37. The Labute approximate surface area is 228 Å². The average molecular weight is 539 g/mol. The number of carbonyl (C=O) groups is 2. The number of ether oxygens (including phenoxy) is 1. The first-order valence-corrected chi connectivity index (χ1v) is 13.4. The summed E-state index contributed by atoms with van der Waals surface area (Å²) < 4.78 is 35.6. The van der Waals surface area contributed by atoms with E-state index in [1.807, 2.05) is 24.3 Å². The van der Waals surface area contributed by atoms with Crippen LogP contribution in [-0.4, -0.2) is 46.5 Å². The maximum absolute atomic E-state index is 14.9. The van der Waals surface area contributed by atoms with Gasteiger partial charge in [0.25, 0.3) is 0 Å². The number of hydrogen-bond donors (Lipinski definition) is 1. The Kier molecular flexibility index (Phi) is 8.99. The summed E-state index contributed by atoms with van der Waals surface area (Å²) in [5, 5.41) is 0. The van der Waals surface area contributed by atoms with Gasteiger partial charge in [0, 0.05) is 43.6 Å². The topological polar surface area (TPSA) is 90.4 Å². The van der Waals surface area contributed by atoms with Crippen molar-refractivity contribution in [2.24, 2.45) is 5.73 Å². The second-order valence-corrected chi connectivity index (χ2v) is 10.4. The molecule has 4 rings (SSSR count). The molecule has 2 amide bonds. The number of nitrogens with two attached hydrogens (primary N) is 1. The molecule has 2 aromatic carbocycles. The van der Waals surface area contributed by atoms with Crippen LogP contribution in [0.4, 0.5) is 8.78 Å². The molecule has 1 fully saturated rings. The van der Waals surface area contributed by atoms with E-state index in [0.717, 1.165) is 43.1 Å². The second kappa shape index (κ2) is 12.4. The van der Waals surface area contributed by atoms with Crippen molar-refractivity contribution in [1.82, 2.24) is 14.5 Å². The molecule has 7 nitrogen and oxygen atoms in total. The fourth-order valence-electron chi connectivity index (χ4n) is 5.38. The number of imidazole rings is 1. The van der Waals surface area contributed by atoms with E-state index in [9.17, 15) is 18.4 Å². The number of aryl methyl sites for hydroxylation is 1. The smallest absolute Gasteiger partial charge is 0.246 e. The number of hydrogen-bond acceptors (Lipinski definition) is 4. The van der Waals surface area contributed by atoms with E-state index in [1.54, 1.807) is 29.1 Å². The number of rotatable bonds is 13. The minimum Gasteiger partial charge on any atom is -0.497 e. The zero-order valence-electron chi connectivity index (χ0n) is 22.5. The molecule has 9 heteroatoms. The van der Waals surface area contributed by atoms with Crippen LogP contribution in [0.1, 0.15) is 61.9 Å². The number of aromatic nitrogens is 2. The first kappa shape index (κ1) is 28.3. The van der Waals surface area contributed by atoms with Crippen LogP contribution in [0, 0.1) is 11.6 Å². The molecule has 3 aromatic rings. The van der Waals surface area contributed by atoms with Crippen LogP contribution in [0.25, 0.3) is 0 Å². The number of methoxy groups -OCH3 is 1. The molecule has 39 heavy (non-hydrogen) atoms. The molecule has 0 aliphatic carbocycles. The molecule has 0 unspecified atom stereocenters. The lowest BCUT2D eigenvalue weighted by molar-refractivity contribution is -0.143. The first-order chi connectivity index (χ1) is 18.7. The van der Waals surface area contributed by atoms with Crippen LogP contribution in [0.5, 0.6) is 5.75 Å². The monoisotopic (exact) mass is 538 g/mol. The number of likely N-dealkylation sites (tertiary alicyclic amines) is 1. The highest BCUT2D eigenvalue weighted by atomic mass is 19.1. The molecule has 2 heterocycles. The van der Waals surface area contributed by atoms with Gasteiger partial charge in [-0.05, 0) is 42.2 Å². The molecule has 0 saturated carbocycles. The van der Waals surface area contributed by atoms with Gasteiger partial charge < -0.3 is 19.9 Å². The van der Waals surface area contributed by atoms with E-state index in [0.29, 0.717) is 37.2 Å². The molecular formula is C30H36F2N4O3. The first-order valence-electron chi connectivity index (χ1n) is 13.4. The van der Waals surface area contributed by atoms with Crippen molar-refractivity contribution in [2.45, 2.75) is 63.3 Å². The Morgan fingerprint density at radius 2 is 1.87 bits per heavy atom. The number of carbonyl (C=O) groups excluding carboxylic acids is 2. The summed E-state index contributed by atoms with van der Waals surface area (Å²) in [5.74, 6) is -0.971. The molecule has 0 radical (unpaired) electrons. The summed E-state index contributed by atoms with van der Waals surface area (Å²) in [6, 6.07) is 10.7.